The van der Waals surface area contributed by atoms with Gasteiger partial charge in [0.1, 0.15) is 16.6 Å². The monoisotopic (exact) mass is 880 g/mol. The van der Waals surface area contributed by atoms with Crippen LogP contribution in [0.5, 0.6) is 0 Å². The van der Waals surface area contributed by atoms with Crippen LogP contribution in [-0.4, -0.2) is 19.5 Å². The summed E-state index contributed by atoms with van der Waals surface area (Å²) in [6.45, 7) is 0. The maximum atomic E-state index is 6.37. The fourth-order valence-electron chi connectivity index (χ4n) is 11.0. The molecule has 0 bridgehead atoms. The van der Waals surface area contributed by atoms with Crippen molar-refractivity contribution in [2.45, 2.75) is 5.41 Å². The Kier molecular flexibility index (Phi) is 8.73. The summed E-state index contributed by atoms with van der Waals surface area (Å²) in [7, 11) is 0. The zero-order valence-electron chi connectivity index (χ0n) is 37.3. The Balaban J connectivity index is 1.04. The van der Waals surface area contributed by atoms with Gasteiger partial charge in [-0.05, 0) is 104 Å². The van der Waals surface area contributed by atoms with Crippen LogP contribution in [0.4, 0.5) is 0 Å². The number of rotatable bonds is 7. The second-order valence-corrected chi connectivity index (χ2v) is 17.9. The highest BCUT2D eigenvalue weighted by Gasteiger charge is 2.49. The third-order valence-corrected chi connectivity index (χ3v) is 14.1. The lowest BCUT2D eigenvalue weighted by Gasteiger charge is -2.32. The van der Waals surface area contributed by atoms with Gasteiger partial charge in [-0.3, -0.25) is 4.57 Å². The normalized spacial score (nSPS) is 12.8. The molecule has 322 valence electrons. The molecule has 0 saturated heterocycles. The van der Waals surface area contributed by atoms with Gasteiger partial charge in [0.25, 0.3) is 0 Å². The van der Waals surface area contributed by atoms with Crippen molar-refractivity contribution in [3.05, 3.63) is 265 Å². The van der Waals surface area contributed by atoms with Gasteiger partial charge >= 0.3 is 0 Å². The van der Waals surface area contributed by atoms with Crippen LogP contribution in [0.3, 0.4) is 0 Å². The van der Waals surface area contributed by atoms with E-state index in [0.29, 0.717) is 17.6 Å². The van der Waals surface area contributed by atoms with Crippen molar-refractivity contribution in [3.63, 3.8) is 0 Å². The molecule has 3 heterocycles. The van der Waals surface area contributed by atoms with E-state index in [9.17, 15) is 0 Å². The smallest absolute Gasteiger partial charge is 0.238 e. The summed E-state index contributed by atoms with van der Waals surface area (Å²) in [5.74, 6) is 1.77. The summed E-state index contributed by atoms with van der Waals surface area (Å²) < 4.78 is 8.61. The zero-order chi connectivity index (χ0) is 45.5. The minimum absolute atomic E-state index is 0.544. The van der Waals surface area contributed by atoms with Crippen LogP contribution in [0, 0.1) is 0 Å². The van der Waals surface area contributed by atoms with Crippen LogP contribution in [-0.2, 0) is 5.41 Å². The molecule has 13 aromatic rings. The number of aromatic nitrogens is 4. The van der Waals surface area contributed by atoms with E-state index >= 15 is 0 Å². The molecule has 14 rings (SSSR count). The highest BCUT2D eigenvalue weighted by molar-refractivity contribution is 6.10. The molecule has 69 heavy (non-hydrogen) atoms. The van der Waals surface area contributed by atoms with Crippen molar-refractivity contribution in [1.82, 2.24) is 19.5 Å². The molecule has 0 N–H and O–H groups in total. The van der Waals surface area contributed by atoms with Gasteiger partial charge in [-0.25, -0.2) is 4.98 Å². The van der Waals surface area contributed by atoms with Gasteiger partial charge in [0, 0.05) is 27.1 Å². The number of benzene rings is 10. The summed E-state index contributed by atoms with van der Waals surface area (Å²) in [4.78, 5) is 17.0. The van der Waals surface area contributed by atoms with Crippen molar-refractivity contribution in [2.24, 2.45) is 0 Å². The molecule has 1 aliphatic rings. The number of furan rings is 1. The molecule has 0 amide bonds. The van der Waals surface area contributed by atoms with Crippen molar-refractivity contribution >= 4 is 43.7 Å². The molecule has 3 aromatic heterocycles. The van der Waals surface area contributed by atoms with Gasteiger partial charge in [0.15, 0.2) is 11.6 Å². The van der Waals surface area contributed by atoms with Crippen LogP contribution in [0.25, 0.3) is 106 Å². The molecule has 5 nitrogen and oxygen atoms in total. The van der Waals surface area contributed by atoms with Crippen LogP contribution >= 0.6 is 0 Å². The lowest BCUT2D eigenvalue weighted by molar-refractivity contribution is 0.669. The zero-order valence-corrected chi connectivity index (χ0v) is 37.3. The third kappa shape index (κ3) is 6.07. The van der Waals surface area contributed by atoms with Crippen molar-refractivity contribution in [1.29, 1.82) is 0 Å². The predicted octanol–water partition coefficient (Wildman–Crippen LogP) is 15.9. The summed E-state index contributed by atoms with van der Waals surface area (Å²) in [5.41, 5.74) is 16.1. The highest BCUT2D eigenvalue weighted by atomic mass is 16.3. The number of para-hydroxylation sites is 2. The fourth-order valence-corrected chi connectivity index (χ4v) is 11.0. The van der Waals surface area contributed by atoms with E-state index in [1.807, 2.05) is 12.1 Å². The first-order chi connectivity index (χ1) is 34.2. The molecule has 0 fully saturated rings. The Morgan fingerprint density at radius 1 is 0.333 bits per heavy atom. The summed E-state index contributed by atoms with van der Waals surface area (Å²) >= 11 is 0. The Morgan fingerprint density at radius 3 is 1.61 bits per heavy atom. The molecule has 0 radical (unpaired) electrons. The topological polar surface area (TPSA) is 56.7 Å². The SMILES string of the molecule is c1ccc(-c2cccc(-c3ccc4c5ccccc5n(-c5nc(-c6cccc(-c7ccc8c(c7)oc7ccccc78)c6)nc(C6(c7ccccc7)c7ccccc7-c7ccccc76)n5)c4c3)c2)cc1. The fraction of sp³-hybridized carbons (Fsp3) is 0.0156. The first kappa shape index (κ1) is 39.0. The number of hydrogen-bond donors (Lipinski definition) is 0. The van der Waals surface area contributed by atoms with Gasteiger partial charge in [-0.1, -0.05) is 200 Å². The van der Waals surface area contributed by atoms with Crippen LogP contribution in [0.1, 0.15) is 22.5 Å². The van der Waals surface area contributed by atoms with Crippen molar-refractivity contribution in [3.8, 4) is 61.8 Å². The van der Waals surface area contributed by atoms with E-state index in [1.54, 1.807) is 0 Å². The molecule has 0 aliphatic heterocycles. The third-order valence-electron chi connectivity index (χ3n) is 14.1. The molecular weight excluding hydrogens is 841 g/mol. The van der Waals surface area contributed by atoms with Crippen LogP contribution in [0.15, 0.2) is 247 Å². The first-order valence-corrected chi connectivity index (χ1v) is 23.4. The summed E-state index contributed by atoms with van der Waals surface area (Å²) in [6, 6.07) is 86.2. The quantitative estimate of drug-likeness (QED) is 0.160. The van der Waals surface area contributed by atoms with E-state index < -0.39 is 5.41 Å². The molecule has 0 unspecified atom stereocenters. The first-order valence-electron chi connectivity index (χ1n) is 23.4. The second-order valence-electron chi connectivity index (χ2n) is 17.9. The Hall–Kier alpha value is -9.19. The Bertz CT molecular complexity index is 4100. The van der Waals surface area contributed by atoms with Crippen molar-refractivity contribution < 1.29 is 4.42 Å². The highest BCUT2D eigenvalue weighted by Crippen LogP contribution is 2.55. The molecule has 0 saturated carbocycles. The molecule has 0 spiro atoms. The van der Waals surface area contributed by atoms with Gasteiger partial charge in [0.05, 0.1) is 11.0 Å². The number of nitrogens with zero attached hydrogens (tertiary/aromatic N) is 4. The maximum absolute atomic E-state index is 6.37. The number of fused-ring (bicyclic) bond motifs is 9. The summed E-state index contributed by atoms with van der Waals surface area (Å²) in [5, 5.41) is 4.45. The minimum atomic E-state index is -0.868. The lowest BCUT2D eigenvalue weighted by atomic mass is 9.71. The predicted molar refractivity (Wildman–Crippen MR) is 280 cm³/mol. The van der Waals surface area contributed by atoms with E-state index in [-0.39, 0.29) is 0 Å². The minimum Gasteiger partial charge on any atom is -0.456 e. The van der Waals surface area contributed by atoms with Gasteiger partial charge in [-0.15, -0.1) is 0 Å². The number of hydrogen-bond acceptors (Lipinski definition) is 4. The average molecular weight is 881 g/mol. The van der Waals surface area contributed by atoms with E-state index in [2.05, 4.69) is 235 Å². The van der Waals surface area contributed by atoms with Gasteiger partial charge < -0.3 is 4.42 Å². The van der Waals surface area contributed by atoms with Crippen LogP contribution in [0.2, 0.25) is 0 Å². The summed E-state index contributed by atoms with van der Waals surface area (Å²) in [6.07, 6.45) is 0. The Morgan fingerprint density at radius 2 is 0.855 bits per heavy atom. The Labute approximate surface area is 398 Å². The van der Waals surface area contributed by atoms with E-state index in [4.69, 9.17) is 19.4 Å². The van der Waals surface area contributed by atoms with E-state index in [1.165, 1.54) is 22.3 Å². The van der Waals surface area contributed by atoms with Gasteiger partial charge in [-0.2, -0.15) is 9.97 Å². The molecule has 0 atom stereocenters. The average Bonchev–Trinajstić information content (AvgIpc) is 4.07. The van der Waals surface area contributed by atoms with Crippen molar-refractivity contribution in [2.75, 3.05) is 0 Å². The molecule has 1 aliphatic carbocycles. The molecule has 10 aromatic carbocycles. The lowest BCUT2D eigenvalue weighted by Crippen LogP contribution is -2.32. The molecule has 5 heteroatoms. The standard InChI is InChI=1S/C64H40N4O/c1-3-17-41(18-4-1)42-19-15-20-43(37-42)45-33-35-52-51-27-9-13-31-57(51)68(58(52)39-45)63-66-61(47-22-16-21-44(38-47)46-34-36-54-53-28-10-14-32-59(53)69-60(54)40-46)65-62(67-63)64(48-23-5-2-6-24-48)55-29-11-7-25-49(55)50-26-8-12-30-56(50)64/h1-40H. The molecular formula is C64H40N4O. The van der Waals surface area contributed by atoms with E-state index in [0.717, 1.165) is 88.3 Å². The largest absolute Gasteiger partial charge is 0.456 e. The van der Waals surface area contributed by atoms with Crippen LogP contribution < -0.4 is 0 Å². The van der Waals surface area contributed by atoms with Gasteiger partial charge in [0.2, 0.25) is 5.95 Å². The maximum Gasteiger partial charge on any atom is 0.238 e. The second kappa shape index (κ2) is 15.4.